The van der Waals surface area contributed by atoms with E-state index in [1.165, 1.54) is 0 Å². The quantitative estimate of drug-likeness (QED) is 0.792. The SMILES string of the molecule is CCN1CCN(c2ccc(S(=O)(=O)Cc3ccc(Cl)cc3)nn2)CC1. The van der Waals surface area contributed by atoms with Crippen molar-refractivity contribution in [1.29, 1.82) is 0 Å². The molecule has 0 atom stereocenters. The van der Waals surface area contributed by atoms with Gasteiger partial charge in [0.15, 0.2) is 10.8 Å². The van der Waals surface area contributed by atoms with Gasteiger partial charge in [0.1, 0.15) is 0 Å². The van der Waals surface area contributed by atoms with Crippen molar-refractivity contribution in [3.63, 3.8) is 0 Å². The van der Waals surface area contributed by atoms with E-state index in [-0.39, 0.29) is 10.8 Å². The molecule has 0 bridgehead atoms. The van der Waals surface area contributed by atoms with E-state index < -0.39 is 9.84 Å². The van der Waals surface area contributed by atoms with Gasteiger partial charge in [-0.3, -0.25) is 0 Å². The van der Waals surface area contributed by atoms with Crippen LogP contribution in [0.3, 0.4) is 0 Å². The summed E-state index contributed by atoms with van der Waals surface area (Å²) in [7, 11) is -3.53. The molecule has 0 N–H and O–H groups in total. The zero-order valence-corrected chi connectivity index (χ0v) is 15.7. The van der Waals surface area contributed by atoms with Crippen molar-refractivity contribution >= 4 is 27.3 Å². The summed E-state index contributed by atoms with van der Waals surface area (Å²) in [5.41, 5.74) is 0.672. The summed E-state index contributed by atoms with van der Waals surface area (Å²) in [6.07, 6.45) is 0. The molecule has 134 valence electrons. The number of piperazine rings is 1. The fraction of sp³-hybridized carbons (Fsp3) is 0.412. The van der Waals surface area contributed by atoms with E-state index >= 15 is 0 Å². The average Bonchev–Trinajstić information content (AvgIpc) is 2.64. The van der Waals surface area contributed by atoms with E-state index in [0.29, 0.717) is 10.6 Å². The van der Waals surface area contributed by atoms with Crippen molar-refractivity contribution in [2.45, 2.75) is 17.7 Å². The smallest absolute Gasteiger partial charge is 0.201 e. The van der Waals surface area contributed by atoms with Gasteiger partial charge in [-0.25, -0.2) is 8.42 Å². The Hall–Kier alpha value is -1.70. The van der Waals surface area contributed by atoms with Crippen LogP contribution in [0.15, 0.2) is 41.4 Å². The van der Waals surface area contributed by atoms with Gasteiger partial charge in [-0.15, -0.1) is 10.2 Å². The first kappa shape index (κ1) is 18.1. The zero-order valence-electron chi connectivity index (χ0n) is 14.1. The minimum absolute atomic E-state index is 0.00149. The highest BCUT2D eigenvalue weighted by molar-refractivity contribution is 7.90. The summed E-state index contributed by atoms with van der Waals surface area (Å²) in [5.74, 6) is 0.606. The molecule has 6 nitrogen and oxygen atoms in total. The molecule has 0 unspecified atom stereocenters. The van der Waals surface area contributed by atoms with Gasteiger partial charge in [-0.2, -0.15) is 0 Å². The minimum Gasteiger partial charge on any atom is -0.353 e. The van der Waals surface area contributed by atoms with Crippen molar-refractivity contribution in [3.8, 4) is 0 Å². The third-order valence-corrected chi connectivity index (χ3v) is 6.18. The predicted octanol–water partition coefficient (Wildman–Crippen LogP) is 2.25. The number of halogens is 1. The van der Waals surface area contributed by atoms with Crippen molar-refractivity contribution in [3.05, 3.63) is 47.0 Å². The lowest BCUT2D eigenvalue weighted by atomic mass is 10.2. The Kier molecular flexibility index (Phi) is 5.56. The minimum atomic E-state index is -3.53. The van der Waals surface area contributed by atoms with E-state index in [2.05, 4.69) is 26.9 Å². The molecule has 0 aliphatic carbocycles. The Morgan fingerprint density at radius 1 is 1.00 bits per heavy atom. The number of rotatable bonds is 5. The Labute approximate surface area is 153 Å². The number of nitrogens with zero attached hydrogens (tertiary/aromatic N) is 4. The molecule has 0 radical (unpaired) electrons. The maximum atomic E-state index is 12.5. The van der Waals surface area contributed by atoms with E-state index in [1.807, 2.05) is 0 Å². The van der Waals surface area contributed by atoms with Gasteiger partial charge in [0.25, 0.3) is 0 Å². The zero-order chi connectivity index (χ0) is 17.9. The molecule has 1 aromatic carbocycles. The van der Waals surface area contributed by atoms with Crippen LogP contribution in [-0.2, 0) is 15.6 Å². The van der Waals surface area contributed by atoms with Crippen LogP contribution in [0.5, 0.6) is 0 Å². The van der Waals surface area contributed by atoms with E-state index in [1.54, 1.807) is 36.4 Å². The molecule has 0 amide bonds. The molecule has 1 aliphatic heterocycles. The Bertz CT molecular complexity index is 802. The summed E-state index contributed by atoms with van der Waals surface area (Å²) in [4.78, 5) is 4.50. The van der Waals surface area contributed by atoms with Gasteiger partial charge in [0.05, 0.1) is 5.75 Å². The van der Waals surface area contributed by atoms with Gasteiger partial charge >= 0.3 is 0 Å². The highest BCUT2D eigenvalue weighted by Crippen LogP contribution is 2.19. The summed E-state index contributed by atoms with van der Waals surface area (Å²) in [5, 5.41) is 8.67. The van der Waals surface area contributed by atoms with E-state index in [9.17, 15) is 8.42 Å². The molecule has 1 aliphatic rings. The first-order valence-electron chi connectivity index (χ1n) is 8.26. The van der Waals surface area contributed by atoms with E-state index in [4.69, 9.17) is 11.6 Å². The third kappa shape index (κ3) is 4.48. The number of anilines is 1. The number of aromatic nitrogens is 2. The van der Waals surface area contributed by atoms with Crippen LogP contribution in [0.2, 0.25) is 5.02 Å². The maximum Gasteiger partial charge on any atom is 0.201 e. The normalized spacial score (nSPS) is 16.2. The number of likely N-dealkylation sites (N-methyl/N-ethyl adjacent to an activating group) is 1. The molecular formula is C17H21ClN4O2S. The molecule has 25 heavy (non-hydrogen) atoms. The molecule has 0 spiro atoms. The second-order valence-corrected chi connectivity index (χ2v) is 8.41. The molecule has 8 heteroatoms. The van der Waals surface area contributed by atoms with Gasteiger partial charge in [0.2, 0.25) is 9.84 Å². The summed E-state index contributed by atoms with van der Waals surface area (Å²) in [6.45, 7) is 6.90. The molecule has 1 fully saturated rings. The van der Waals surface area contributed by atoms with Gasteiger partial charge in [0, 0.05) is 31.2 Å². The summed E-state index contributed by atoms with van der Waals surface area (Å²) >= 11 is 5.83. The lowest BCUT2D eigenvalue weighted by molar-refractivity contribution is 0.270. The number of hydrogen-bond donors (Lipinski definition) is 0. The van der Waals surface area contributed by atoms with Crippen molar-refractivity contribution in [1.82, 2.24) is 15.1 Å². The Balaban J connectivity index is 1.70. The van der Waals surface area contributed by atoms with Crippen LogP contribution in [-0.4, -0.2) is 56.2 Å². The standard InChI is InChI=1S/C17H21ClN4O2S/c1-2-21-9-11-22(12-10-21)16-7-8-17(20-19-16)25(23,24)13-14-3-5-15(18)6-4-14/h3-8H,2,9-13H2,1H3. The molecule has 2 aromatic rings. The Morgan fingerprint density at radius 2 is 1.68 bits per heavy atom. The number of sulfone groups is 1. The fourth-order valence-corrected chi connectivity index (χ4v) is 4.16. The van der Waals surface area contributed by atoms with Gasteiger partial charge in [-0.05, 0) is 36.4 Å². The monoisotopic (exact) mass is 380 g/mol. The first-order valence-corrected chi connectivity index (χ1v) is 10.3. The third-order valence-electron chi connectivity index (χ3n) is 4.36. The molecular weight excluding hydrogens is 360 g/mol. The number of benzene rings is 1. The van der Waals surface area contributed by atoms with Crippen LogP contribution in [0, 0.1) is 0 Å². The Morgan fingerprint density at radius 3 is 2.24 bits per heavy atom. The van der Waals surface area contributed by atoms with Crippen molar-refractivity contribution < 1.29 is 8.42 Å². The molecule has 1 aromatic heterocycles. The summed E-state index contributed by atoms with van der Waals surface area (Å²) in [6, 6.07) is 10.0. The maximum absolute atomic E-state index is 12.5. The fourth-order valence-electron chi connectivity index (χ4n) is 2.81. The lowest BCUT2D eigenvalue weighted by Gasteiger charge is -2.34. The number of hydrogen-bond acceptors (Lipinski definition) is 6. The van der Waals surface area contributed by atoms with Crippen LogP contribution in [0.25, 0.3) is 0 Å². The molecule has 2 heterocycles. The van der Waals surface area contributed by atoms with Crippen molar-refractivity contribution in [2.24, 2.45) is 0 Å². The highest BCUT2D eigenvalue weighted by atomic mass is 35.5. The van der Waals surface area contributed by atoms with Gasteiger partial charge < -0.3 is 9.80 Å². The molecule has 0 saturated carbocycles. The largest absolute Gasteiger partial charge is 0.353 e. The second-order valence-electron chi connectivity index (χ2n) is 6.04. The topological polar surface area (TPSA) is 66.4 Å². The average molecular weight is 381 g/mol. The van der Waals surface area contributed by atoms with Crippen molar-refractivity contribution in [2.75, 3.05) is 37.6 Å². The van der Waals surface area contributed by atoms with Gasteiger partial charge in [-0.1, -0.05) is 30.7 Å². The lowest BCUT2D eigenvalue weighted by Crippen LogP contribution is -2.46. The first-order chi connectivity index (χ1) is 12.0. The van der Waals surface area contributed by atoms with Crippen LogP contribution in [0.1, 0.15) is 12.5 Å². The predicted molar refractivity (Wildman–Crippen MR) is 98.7 cm³/mol. The molecule has 3 rings (SSSR count). The second kappa shape index (κ2) is 7.68. The molecule has 1 saturated heterocycles. The van der Waals surface area contributed by atoms with E-state index in [0.717, 1.165) is 38.5 Å². The van der Waals surface area contributed by atoms with Crippen LogP contribution >= 0.6 is 11.6 Å². The highest BCUT2D eigenvalue weighted by Gasteiger charge is 2.20. The summed E-state index contributed by atoms with van der Waals surface area (Å²) < 4.78 is 25.0. The van der Waals surface area contributed by atoms with Crippen LogP contribution in [0.4, 0.5) is 5.82 Å². The van der Waals surface area contributed by atoms with Crippen LogP contribution < -0.4 is 4.90 Å².